The van der Waals surface area contributed by atoms with Crippen molar-refractivity contribution in [1.29, 1.82) is 0 Å². The van der Waals surface area contributed by atoms with E-state index in [9.17, 15) is 4.79 Å². The van der Waals surface area contributed by atoms with E-state index < -0.39 is 0 Å². The molecule has 0 aromatic carbocycles. The van der Waals surface area contributed by atoms with E-state index in [-0.39, 0.29) is 5.78 Å². The lowest BCUT2D eigenvalue weighted by molar-refractivity contribution is 0.105. The third-order valence-electron chi connectivity index (χ3n) is 2.60. The molecule has 0 saturated carbocycles. The molecule has 0 fully saturated rings. The number of hydrogen-bond donors (Lipinski definition) is 0. The van der Waals surface area contributed by atoms with Crippen molar-refractivity contribution in [2.24, 2.45) is 0 Å². The second-order valence-electron chi connectivity index (χ2n) is 3.45. The van der Waals surface area contributed by atoms with E-state index in [2.05, 4.69) is 6.07 Å². The summed E-state index contributed by atoms with van der Waals surface area (Å²) in [6, 6.07) is 12.0. The fraction of sp³-hybridized carbons (Fsp3) is 0.133. The molecule has 3 aliphatic carbocycles. The van der Waals surface area contributed by atoms with Gasteiger partial charge in [-0.3, -0.25) is 4.79 Å². The van der Waals surface area contributed by atoms with Crippen LogP contribution >= 0.6 is 0 Å². The molecule has 0 unspecified atom stereocenters. The average molecular weight is 210 g/mol. The van der Waals surface area contributed by atoms with Crippen LogP contribution in [-0.4, -0.2) is 5.78 Å². The third kappa shape index (κ3) is 1.54. The summed E-state index contributed by atoms with van der Waals surface area (Å²) in [6.07, 6.45) is 3.52. The van der Waals surface area contributed by atoms with Crippen LogP contribution in [0.2, 0.25) is 0 Å². The summed E-state index contributed by atoms with van der Waals surface area (Å²) in [4.78, 5) is 11.6. The Morgan fingerprint density at radius 3 is 2.50 bits per heavy atom. The molecule has 0 amide bonds. The number of allylic oxidation sites excluding steroid dienone is 1. The maximum absolute atomic E-state index is 11.6. The normalized spacial score (nSPS) is 12.2. The molecule has 0 aromatic heterocycles. The van der Waals surface area contributed by atoms with Crippen LogP contribution in [0.5, 0.6) is 0 Å². The second-order valence-corrected chi connectivity index (χ2v) is 3.45. The van der Waals surface area contributed by atoms with Crippen molar-refractivity contribution in [3.05, 3.63) is 53.6 Å². The van der Waals surface area contributed by atoms with Gasteiger partial charge in [-0.1, -0.05) is 50.3 Å². The van der Waals surface area contributed by atoms with Crippen LogP contribution in [-0.2, 0) is 0 Å². The van der Waals surface area contributed by atoms with E-state index in [0.717, 1.165) is 22.3 Å². The fourth-order valence-corrected chi connectivity index (χ4v) is 1.97. The molecule has 3 rings (SSSR count). The number of fused-ring (bicyclic) bond motifs is 3. The van der Waals surface area contributed by atoms with E-state index in [4.69, 9.17) is 0 Å². The van der Waals surface area contributed by atoms with E-state index in [1.807, 2.05) is 50.3 Å². The van der Waals surface area contributed by atoms with Gasteiger partial charge in [0.05, 0.1) is 0 Å². The van der Waals surface area contributed by atoms with Crippen molar-refractivity contribution in [2.45, 2.75) is 13.8 Å². The van der Waals surface area contributed by atoms with Crippen molar-refractivity contribution >= 4 is 11.9 Å². The van der Waals surface area contributed by atoms with Gasteiger partial charge in [-0.15, -0.1) is 0 Å². The number of carbonyl (C=O) groups is 1. The van der Waals surface area contributed by atoms with Gasteiger partial charge in [-0.25, -0.2) is 0 Å². The molecule has 0 bridgehead atoms. The van der Waals surface area contributed by atoms with Gasteiger partial charge in [0.25, 0.3) is 0 Å². The van der Waals surface area contributed by atoms with Crippen molar-refractivity contribution in [3.8, 4) is 11.1 Å². The lowest BCUT2D eigenvalue weighted by atomic mass is 10.1. The van der Waals surface area contributed by atoms with E-state index >= 15 is 0 Å². The zero-order valence-electron chi connectivity index (χ0n) is 9.53. The van der Waals surface area contributed by atoms with Crippen LogP contribution in [0.25, 0.3) is 17.2 Å². The van der Waals surface area contributed by atoms with Gasteiger partial charge in [0.15, 0.2) is 5.78 Å². The maximum atomic E-state index is 11.6. The highest BCUT2D eigenvalue weighted by atomic mass is 16.1. The number of carbonyl (C=O) groups excluding carboxylic acids is 1. The second kappa shape index (κ2) is 4.31. The first kappa shape index (κ1) is 10.6. The molecule has 0 aliphatic heterocycles. The van der Waals surface area contributed by atoms with Gasteiger partial charge in [0.1, 0.15) is 0 Å². The van der Waals surface area contributed by atoms with Gasteiger partial charge in [-0.05, 0) is 28.8 Å². The predicted octanol–water partition coefficient (Wildman–Crippen LogP) is 4.03. The zero-order valence-corrected chi connectivity index (χ0v) is 9.53. The van der Waals surface area contributed by atoms with E-state index in [1.165, 1.54) is 0 Å². The molecule has 0 N–H and O–H groups in total. The Morgan fingerprint density at radius 1 is 0.938 bits per heavy atom. The minimum Gasteiger partial charge on any atom is -0.289 e. The summed E-state index contributed by atoms with van der Waals surface area (Å²) in [5.74, 6) is 0.126. The minimum absolute atomic E-state index is 0.126. The molecule has 16 heavy (non-hydrogen) atoms. The smallest absolute Gasteiger partial charge is 0.187 e. The van der Waals surface area contributed by atoms with Gasteiger partial charge < -0.3 is 0 Å². The van der Waals surface area contributed by atoms with Crippen molar-refractivity contribution in [2.75, 3.05) is 0 Å². The molecule has 0 radical (unpaired) electrons. The average Bonchev–Trinajstić information content (AvgIpc) is 2.75. The fourth-order valence-electron chi connectivity index (χ4n) is 1.97. The number of rotatable bonds is 0. The lowest BCUT2D eigenvalue weighted by Gasteiger charge is -1.94. The Balaban J connectivity index is 0.000000457. The molecule has 80 valence electrons. The van der Waals surface area contributed by atoms with Crippen LogP contribution in [0.15, 0.2) is 42.5 Å². The highest BCUT2D eigenvalue weighted by molar-refractivity contribution is 6.18. The van der Waals surface area contributed by atoms with E-state index in [1.54, 1.807) is 6.08 Å². The number of hydrogen-bond acceptors (Lipinski definition) is 1. The lowest BCUT2D eigenvalue weighted by Crippen LogP contribution is -1.89. The first-order chi connectivity index (χ1) is 7.86. The largest absolute Gasteiger partial charge is 0.289 e. The first-order valence-electron chi connectivity index (χ1n) is 5.60. The molecule has 1 heteroatoms. The first-order valence-corrected chi connectivity index (χ1v) is 5.60. The van der Waals surface area contributed by atoms with Gasteiger partial charge in [-0.2, -0.15) is 0 Å². The predicted molar refractivity (Wildman–Crippen MR) is 67.8 cm³/mol. The molecule has 0 atom stereocenters. The van der Waals surface area contributed by atoms with Crippen molar-refractivity contribution < 1.29 is 4.79 Å². The number of ketones is 1. The summed E-state index contributed by atoms with van der Waals surface area (Å²) in [5, 5.41) is 0. The maximum Gasteiger partial charge on any atom is 0.187 e. The molecule has 0 heterocycles. The third-order valence-corrected chi connectivity index (χ3v) is 2.60. The highest BCUT2D eigenvalue weighted by Gasteiger charge is 2.21. The van der Waals surface area contributed by atoms with E-state index in [0.29, 0.717) is 0 Å². The zero-order chi connectivity index (χ0) is 11.5. The molecule has 3 aliphatic rings. The molecular formula is C15H14O. The minimum atomic E-state index is 0.126. The Kier molecular flexibility index (Phi) is 2.86. The van der Waals surface area contributed by atoms with Gasteiger partial charge in [0, 0.05) is 5.56 Å². The van der Waals surface area contributed by atoms with Crippen molar-refractivity contribution in [3.63, 3.8) is 0 Å². The van der Waals surface area contributed by atoms with Gasteiger partial charge >= 0.3 is 0 Å². The van der Waals surface area contributed by atoms with Crippen LogP contribution in [0.4, 0.5) is 0 Å². The van der Waals surface area contributed by atoms with Crippen LogP contribution in [0, 0.1) is 0 Å². The molecule has 0 aromatic rings. The molecule has 1 nitrogen and oxygen atoms in total. The Hall–Kier alpha value is -1.89. The Labute approximate surface area is 95.8 Å². The van der Waals surface area contributed by atoms with Crippen LogP contribution in [0.3, 0.4) is 0 Å². The SMILES string of the molecule is CC.O=C1C=Cc2cc3cccccc-3c21. The van der Waals surface area contributed by atoms with Crippen LogP contribution < -0.4 is 0 Å². The quantitative estimate of drug-likeness (QED) is 0.641. The summed E-state index contributed by atoms with van der Waals surface area (Å²) >= 11 is 0. The summed E-state index contributed by atoms with van der Waals surface area (Å²) in [7, 11) is 0. The van der Waals surface area contributed by atoms with Gasteiger partial charge in [0.2, 0.25) is 0 Å². The monoisotopic (exact) mass is 210 g/mol. The summed E-state index contributed by atoms with van der Waals surface area (Å²) in [6.45, 7) is 4.00. The van der Waals surface area contributed by atoms with Crippen molar-refractivity contribution in [1.82, 2.24) is 0 Å². The standard InChI is InChI=1S/C13H8O.C2H6/c14-12-7-6-10-8-9-4-2-1-3-5-11(9)13(10)12;1-2/h1-8H;1-2H3. The summed E-state index contributed by atoms with van der Waals surface area (Å²) in [5.41, 5.74) is 4.10. The molecular weight excluding hydrogens is 196 g/mol. The molecule has 0 saturated heterocycles. The highest BCUT2D eigenvalue weighted by Crippen LogP contribution is 2.35. The Bertz CT molecular complexity index is 523. The summed E-state index contributed by atoms with van der Waals surface area (Å²) < 4.78 is 0. The van der Waals surface area contributed by atoms with Crippen LogP contribution in [0.1, 0.15) is 29.8 Å². The topological polar surface area (TPSA) is 17.1 Å². The Morgan fingerprint density at radius 2 is 1.69 bits per heavy atom. The molecule has 0 spiro atoms.